The first kappa shape index (κ1) is 14.5. The number of hydrogen-bond donors (Lipinski definition) is 3. The van der Waals surface area contributed by atoms with Gasteiger partial charge in [-0.2, -0.15) is 0 Å². The molecule has 6 heteroatoms. The van der Waals surface area contributed by atoms with E-state index >= 15 is 0 Å². The van der Waals surface area contributed by atoms with E-state index in [1.54, 1.807) is 11.8 Å². The van der Waals surface area contributed by atoms with Crippen molar-refractivity contribution >= 4 is 57.5 Å². The van der Waals surface area contributed by atoms with Crippen molar-refractivity contribution in [2.24, 2.45) is 0 Å². The van der Waals surface area contributed by atoms with Crippen LogP contribution in [-0.4, -0.2) is 26.5 Å². The standard InChI is InChI=1S/C8H16N2S4/c1-5(2)14-8(13)9-4-6(3)10-7(11)12/h5-6H,4H2,1-3H3,(H,9,13)(H2,10,11,12). The second kappa shape index (κ2) is 7.73. The van der Waals surface area contributed by atoms with Crippen molar-refractivity contribution in [2.75, 3.05) is 6.54 Å². The minimum absolute atomic E-state index is 0.241. The topological polar surface area (TPSA) is 24.1 Å². The maximum atomic E-state index is 5.13. The van der Waals surface area contributed by atoms with Crippen LogP contribution in [0.2, 0.25) is 0 Å². The summed E-state index contributed by atoms with van der Waals surface area (Å²) in [5, 5.41) is 6.69. The van der Waals surface area contributed by atoms with Gasteiger partial charge in [0.15, 0.2) is 0 Å². The number of rotatable bonds is 4. The van der Waals surface area contributed by atoms with Crippen molar-refractivity contribution in [2.45, 2.75) is 32.1 Å². The summed E-state index contributed by atoms with van der Waals surface area (Å²) in [6.45, 7) is 7.02. The molecule has 0 aromatic carbocycles. The third kappa shape index (κ3) is 9.05. The molecule has 82 valence electrons. The van der Waals surface area contributed by atoms with Crippen LogP contribution in [0, 0.1) is 0 Å². The molecule has 0 aliphatic carbocycles. The van der Waals surface area contributed by atoms with Crippen LogP contribution in [0.1, 0.15) is 20.8 Å². The minimum Gasteiger partial charge on any atom is -0.369 e. The number of hydrogen-bond acceptors (Lipinski definition) is 3. The van der Waals surface area contributed by atoms with Gasteiger partial charge in [0.2, 0.25) is 0 Å². The smallest absolute Gasteiger partial charge is 0.134 e. The molecule has 0 saturated carbocycles. The van der Waals surface area contributed by atoms with Crippen LogP contribution in [-0.2, 0) is 0 Å². The third-order valence-corrected chi connectivity index (χ3v) is 2.77. The maximum Gasteiger partial charge on any atom is 0.134 e. The summed E-state index contributed by atoms with van der Waals surface area (Å²) in [7, 11) is 0. The normalized spacial score (nSPS) is 12.4. The van der Waals surface area contributed by atoms with E-state index in [-0.39, 0.29) is 6.04 Å². The van der Waals surface area contributed by atoms with E-state index in [1.165, 1.54) is 0 Å². The molecule has 0 radical (unpaired) electrons. The molecule has 0 amide bonds. The summed E-state index contributed by atoms with van der Waals surface area (Å²) >= 11 is 15.6. The Bertz CT molecular complexity index is 206. The zero-order chi connectivity index (χ0) is 11.1. The fraction of sp³-hybridized carbons (Fsp3) is 0.750. The lowest BCUT2D eigenvalue weighted by Gasteiger charge is -2.15. The Labute approximate surface area is 106 Å². The van der Waals surface area contributed by atoms with E-state index in [1.807, 2.05) is 6.92 Å². The predicted octanol–water partition coefficient (Wildman–Crippen LogP) is 2.20. The van der Waals surface area contributed by atoms with Crippen LogP contribution in [0.3, 0.4) is 0 Å². The van der Waals surface area contributed by atoms with Gasteiger partial charge in [-0.3, -0.25) is 0 Å². The summed E-state index contributed by atoms with van der Waals surface area (Å²) in [5.41, 5.74) is 0. The predicted molar refractivity (Wildman–Crippen MR) is 77.5 cm³/mol. The van der Waals surface area contributed by atoms with Gasteiger partial charge in [0.05, 0.1) is 0 Å². The molecule has 0 aliphatic heterocycles. The zero-order valence-corrected chi connectivity index (χ0v) is 11.9. The Hall–Kier alpha value is 0.480. The summed E-state index contributed by atoms with van der Waals surface area (Å²) in [6.07, 6.45) is 0. The number of thioether (sulfide) groups is 1. The summed E-state index contributed by atoms with van der Waals surface area (Å²) in [5.74, 6) is 0. The van der Waals surface area contributed by atoms with Crippen molar-refractivity contribution in [3.63, 3.8) is 0 Å². The second-order valence-electron chi connectivity index (χ2n) is 3.19. The average Bonchev–Trinajstić information content (AvgIpc) is 1.98. The maximum absolute atomic E-state index is 5.13. The van der Waals surface area contributed by atoms with Gasteiger partial charge in [-0.15, -0.1) is 12.6 Å². The van der Waals surface area contributed by atoms with Gasteiger partial charge in [0, 0.05) is 17.8 Å². The molecule has 0 heterocycles. The Morgan fingerprint density at radius 2 is 1.93 bits per heavy atom. The van der Waals surface area contributed by atoms with Gasteiger partial charge in [-0.25, -0.2) is 0 Å². The molecule has 0 aromatic rings. The lowest BCUT2D eigenvalue weighted by Crippen LogP contribution is -2.38. The largest absolute Gasteiger partial charge is 0.369 e. The Balaban J connectivity index is 3.61. The molecule has 0 rings (SSSR count). The number of thiocarbonyl (C=S) groups is 2. The Morgan fingerprint density at radius 1 is 1.36 bits per heavy atom. The van der Waals surface area contributed by atoms with Gasteiger partial charge in [-0.1, -0.05) is 50.0 Å². The van der Waals surface area contributed by atoms with Crippen LogP contribution < -0.4 is 10.6 Å². The molecule has 2 nitrogen and oxygen atoms in total. The monoisotopic (exact) mass is 268 g/mol. The molecule has 0 saturated heterocycles. The van der Waals surface area contributed by atoms with Gasteiger partial charge in [-0.05, 0) is 6.92 Å². The van der Waals surface area contributed by atoms with Crippen LogP contribution in [0.25, 0.3) is 0 Å². The van der Waals surface area contributed by atoms with Crippen molar-refractivity contribution in [1.29, 1.82) is 0 Å². The van der Waals surface area contributed by atoms with Gasteiger partial charge < -0.3 is 10.6 Å². The van der Waals surface area contributed by atoms with Crippen LogP contribution in [0.5, 0.6) is 0 Å². The quantitative estimate of drug-likeness (QED) is 0.536. The number of thiol groups is 1. The first-order valence-corrected chi connectivity index (χ1v) is 6.50. The van der Waals surface area contributed by atoms with Crippen molar-refractivity contribution in [1.82, 2.24) is 10.6 Å². The highest BCUT2D eigenvalue weighted by atomic mass is 32.2. The molecule has 0 fully saturated rings. The third-order valence-electron chi connectivity index (χ3n) is 1.27. The second-order valence-corrected chi connectivity index (χ2v) is 6.60. The van der Waals surface area contributed by atoms with E-state index in [4.69, 9.17) is 24.4 Å². The molecule has 2 N–H and O–H groups in total. The lowest BCUT2D eigenvalue weighted by atomic mass is 10.3. The lowest BCUT2D eigenvalue weighted by molar-refractivity contribution is 0.653. The average molecular weight is 268 g/mol. The molecule has 0 bridgehead atoms. The van der Waals surface area contributed by atoms with Gasteiger partial charge in [0.25, 0.3) is 0 Å². The van der Waals surface area contributed by atoms with Crippen LogP contribution in [0.15, 0.2) is 0 Å². The van der Waals surface area contributed by atoms with Crippen LogP contribution >= 0.6 is 48.8 Å². The molecule has 14 heavy (non-hydrogen) atoms. The molecule has 0 spiro atoms. The molecule has 1 atom stereocenters. The minimum atomic E-state index is 0.241. The van der Waals surface area contributed by atoms with E-state index in [0.29, 0.717) is 9.57 Å². The highest BCUT2D eigenvalue weighted by Crippen LogP contribution is 2.09. The molecular formula is C8H16N2S4. The Morgan fingerprint density at radius 3 is 2.36 bits per heavy atom. The highest BCUT2D eigenvalue weighted by molar-refractivity contribution is 8.23. The SMILES string of the molecule is CC(CNC(=S)SC(C)C)NC(=S)S. The summed E-state index contributed by atoms with van der Waals surface area (Å²) in [4.78, 5) is 0. The zero-order valence-electron chi connectivity index (χ0n) is 8.53. The van der Waals surface area contributed by atoms with Crippen molar-refractivity contribution in [3.8, 4) is 0 Å². The molecule has 1 unspecified atom stereocenters. The van der Waals surface area contributed by atoms with Gasteiger partial charge >= 0.3 is 0 Å². The van der Waals surface area contributed by atoms with Crippen molar-refractivity contribution < 1.29 is 0 Å². The summed E-state index contributed by atoms with van der Waals surface area (Å²) in [6, 6.07) is 0.241. The van der Waals surface area contributed by atoms with Crippen molar-refractivity contribution in [3.05, 3.63) is 0 Å². The Kier molecular flexibility index (Phi) is 8.00. The molecular weight excluding hydrogens is 252 g/mol. The first-order chi connectivity index (χ1) is 6.41. The van der Waals surface area contributed by atoms with Crippen LogP contribution in [0.4, 0.5) is 0 Å². The summed E-state index contributed by atoms with van der Waals surface area (Å²) < 4.78 is 1.35. The van der Waals surface area contributed by atoms with E-state index < -0.39 is 0 Å². The fourth-order valence-corrected chi connectivity index (χ4v) is 2.43. The first-order valence-electron chi connectivity index (χ1n) is 4.35. The fourth-order valence-electron chi connectivity index (χ4n) is 0.754. The van der Waals surface area contributed by atoms with Gasteiger partial charge in [0.1, 0.15) is 8.64 Å². The molecule has 0 aliphatic rings. The number of nitrogens with one attached hydrogen (secondary N) is 2. The molecule has 0 aromatic heterocycles. The van der Waals surface area contributed by atoms with E-state index in [0.717, 1.165) is 10.9 Å². The highest BCUT2D eigenvalue weighted by Gasteiger charge is 2.04. The van der Waals surface area contributed by atoms with E-state index in [9.17, 15) is 0 Å². The van der Waals surface area contributed by atoms with E-state index in [2.05, 4.69) is 37.1 Å².